The average Bonchev–Trinajstić information content (AvgIpc) is 2.87. The highest BCUT2D eigenvalue weighted by Gasteiger charge is 2.44. The number of carbonyl (C=O) groups is 2. The number of hydrogen-bond acceptors (Lipinski definition) is 4. The highest BCUT2D eigenvalue weighted by atomic mass is 19.1. The Labute approximate surface area is 116 Å². The third kappa shape index (κ3) is 3.35. The molecule has 0 bridgehead atoms. The van der Waals surface area contributed by atoms with Crippen LogP contribution in [0.5, 0.6) is 0 Å². The molecular formula is C15H17FO4. The van der Waals surface area contributed by atoms with E-state index in [1.54, 1.807) is 0 Å². The zero-order valence-corrected chi connectivity index (χ0v) is 11.3. The van der Waals surface area contributed by atoms with E-state index in [2.05, 4.69) is 4.74 Å². The van der Waals surface area contributed by atoms with Crippen molar-refractivity contribution in [3.63, 3.8) is 0 Å². The number of rotatable bonds is 4. The summed E-state index contributed by atoms with van der Waals surface area (Å²) in [6.45, 7) is 0.126. The molecule has 0 aromatic heterocycles. The Morgan fingerprint density at radius 3 is 2.35 bits per heavy atom. The molecule has 20 heavy (non-hydrogen) atoms. The Balaban J connectivity index is 1.95. The summed E-state index contributed by atoms with van der Waals surface area (Å²) in [7, 11) is 1.24. The fraction of sp³-hybridized carbons (Fsp3) is 0.467. The van der Waals surface area contributed by atoms with Crippen molar-refractivity contribution in [2.24, 2.45) is 11.8 Å². The van der Waals surface area contributed by atoms with E-state index in [0.29, 0.717) is 0 Å². The van der Waals surface area contributed by atoms with E-state index in [0.717, 1.165) is 5.56 Å². The molecule has 3 atom stereocenters. The second-order valence-electron chi connectivity index (χ2n) is 4.90. The van der Waals surface area contributed by atoms with E-state index in [1.807, 2.05) is 30.3 Å². The number of hydrogen-bond donors (Lipinski definition) is 0. The smallest absolute Gasteiger partial charge is 0.310 e. The molecule has 2 rings (SSSR count). The van der Waals surface area contributed by atoms with Gasteiger partial charge < -0.3 is 9.47 Å². The number of alkyl halides is 1. The first kappa shape index (κ1) is 14.5. The molecular weight excluding hydrogens is 263 g/mol. The number of methoxy groups -OCH3 is 1. The van der Waals surface area contributed by atoms with Gasteiger partial charge in [-0.15, -0.1) is 0 Å². The second-order valence-corrected chi connectivity index (χ2v) is 4.90. The first-order valence-electron chi connectivity index (χ1n) is 6.54. The summed E-state index contributed by atoms with van der Waals surface area (Å²) in [5.41, 5.74) is 0.852. The summed E-state index contributed by atoms with van der Waals surface area (Å²) in [6.07, 6.45) is -1.11. The normalized spacial score (nSPS) is 25.2. The van der Waals surface area contributed by atoms with Crippen LogP contribution >= 0.6 is 0 Å². The molecule has 1 fully saturated rings. The Bertz CT molecular complexity index is 474. The van der Waals surface area contributed by atoms with E-state index in [9.17, 15) is 14.0 Å². The van der Waals surface area contributed by atoms with Gasteiger partial charge in [0.2, 0.25) is 0 Å². The SMILES string of the molecule is COC(=O)C1CC(F)CC1C(=O)OCc1ccccc1. The van der Waals surface area contributed by atoms with E-state index in [4.69, 9.17) is 4.74 Å². The predicted molar refractivity (Wildman–Crippen MR) is 69.4 cm³/mol. The van der Waals surface area contributed by atoms with Crippen LogP contribution in [-0.2, 0) is 25.7 Å². The first-order chi connectivity index (χ1) is 9.61. The van der Waals surface area contributed by atoms with E-state index < -0.39 is 29.9 Å². The minimum Gasteiger partial charge on any atom is -0.469 e. The van der Waals surface area contributed by atoms with Crippen molar-refractivity contribution in [1.29, 1.82) is 0 Å². The molecule has 0 aliphatic heterocycles. The van der Waals surface area contributed by atoms with Gasteiger partial charge in [-0.2, -0.15) is 0 Å². The van der Waals surface area contributed by atoms with Crippen molar-refractivity contribution in [2.45, 2.75) is 25.6 Å². The fourth-order valence-corrected chi connectivity index (χ4v) is 2.48. The lowest BCUT2D eigenvalue weighted by atomic mass is 9.96. The molecule has 1 aromatic rings. The molecule has 0 heterocycles. The Hall–Kier alpha value is -1.91. The summed E-state index contributed by atoms with van der Waals surface area (Å²) >= 11 is 0. The maximum Gasteiger partial charge on any atom is 0.310 e. The van der Waals surface area contributed by atoms with E-state index in [-0.39, 0.29) is 19.4 Å². The van der Waals surface area contributed by atoms with Gasteiger partial charge >= 0.3 is 11.9 Å². The molecule has 1 aliphatic carbocycles. The van der Waals surface area contributed by atoms with Gasteiger partial charge in [0.1, 0.15) is 12.8 Å². The van der Waals surface area contributed by atoms with Crippen LogP contribution in [0.1, 0.15) is 18.4 Å². The fourth-order valence-electron chi connectivity index (χ4n) is 2.48. The summed E-state index contributed by atoms with van der Waals surface area (Å²) in [5.74, 6) is -2.57. The zero-order valence-electron chi connectivity index (χ0n) is 11.3. The van der Waals surface area contributed by atoms with Crippen molar-refractivity contribution >= 4 is 11.9 Å². The topological polar surface area (TPSA) is 52.6 Å². The Morgan fingerprint density at radius 2 is 1.75 bits per heavy atom. The third-order valence-corrected chi connectivity index (χ3v) is 3.54. The van der Waals surface area contributed by atoms with Crippen LogP contribution in [0.15, 0.2) is 30.3 Å². The van der Waals surface area contributed by atoms with Gasteiger partial charge in [-0.3, -0.25) is 9.59 Å². The molecule has 0 spiro atoms. The van der Waals surface area contributed by atoms with E-state index >= 15 is 0 Å². The minimum atomic E-state index is -1.16. The van der Waals surface area contributed by atoms with Crippen LogP contribution in [0.3, 0.4) is 0 Å². The molecule has 4 nitrogen and oxygen atoms in total. The number of halogens is 1. The van der Waals surface area contributed by atoms with Crippen molar-refractivity contribution in [2.75, 3.05) is 7.11 Å². The largest absolute Gasteiger partial charge is 0.469 e. The summed E-state index contributed by atoms with van der Waals surface area (Å²) < 4.78 is 23.2. The van der Waals surface area contributed by atoms with E-state index in [1.165, 1.54) is 7.11 Å². The molecule has 0 saturated heterocycles. The Kier molecular flexibility index (Phi) is 4.71. The number of esters is 2. The monoisotopic (exact) mass is 280 g/mol. The molecule has 0 N–H and O–H groups in total. The molecule has 0 amide bonds. The lowest BCUT2D eigenvalue weighted by Gasteiger charge is -2.15. The highest BCUT2D eigenvalue weighted by molar-refractivity contribution is 5.82. The lowest BCUT2D eigenvalue weighted by molar-refractivity contribution is -0.158. The van der Waals surface area contributed by atoms with Gasteiger partial charge in [0.05, 0.1) is 18.9 Å². The lowest BCUT2D eigenvalue weighted by Crippen LogP contribution is -2.27. The van der Waals surface area contributed by atoms with Gasteiger partial charge in [0.15, 0.2) is 0 Å². The summed E-state index contributed by atoms with van der Waals surface area (Å²) in [5, 5.41) is 0. The highest BCUT2D eigenvalue weighted by Crippen LogP contribution is 2.35. The molecule has 1 saturated carbocycles. The van der Waals surface area contributed by atoms with Crippen LogP contribution < -0.4 is 0 Å². The summed E-state index contributed by atoms with van der Waals surface area (Å²) in [6, 6.07) is 9.21. The number of carbonyl (C=O) groups excluding carboxylic acids is 2. The van der Waals surface area contributed by atoms with Gasteiger partial charge in [-0.05, 0) is 18.4 Å². The molecule has 1 aromatic carbocycles. The maximum absolute atomic E-state index is 13.4. The summed E-state index contributed by atoms with van der Waals surface area (Å²) in [4.78, 5) is 23.6. The first-order valence-corrected chi connectivity index (χ1v) is 6.54. The van der Waals surface area contributed by atoms with Crippen LogP contribution in [0, 0.1) is 11.8 Å². The minimum absolute atomic E-state index is 0.0212. The predicted octanol–water partition coefficient (Wildman–Crippen LogP) is 2.27. The zero-order chi connectivity index (χ0) is 14.5. The van der Waals surface area contributed by atoms with Crippen molar-refractivity contribution < 1.29 is 23.5 Å². The maximum atomic E-state index is 13.4. The molecule has 5 heteroatoms. The molecule has 1 aliphatic rings. The van der Waals surface area contributed by atoms with Gasteiger partial charge in [-0.25, -0.2) is 4.39 Å². The Morgan fingerprint density at radius 1 is 1.15 bits per heavy atom. The standard InChI is InChI=1S/C15H17FO4/c1-19-14(17)12-7-11(16)8-13(12)15(18)20-9-10-5-3-2-4-6-10/h2-6,11-13H,7-9H2,1H3. The van der Waals surface area contributed by atoms with Crippen molar-refractivity contribution in [3.05, 3.63) is 35.9 Å². The van der Waals surface area contributed by atoms with Crippen LogP contribution in [-0.4, -0.2) is 25.2 Å². The number of ether oxygens (including phenoxy) is 2. The van der Waals surface area contributed by atoms with Gasteiger partial charge in [-0.1, -0.05) is 30.3 Å². The van der Waals surface area contributed by atoms with Crippen LogP contribution in [0.2, 0.25) is 0 Å². The quantitative estimate of drug-likeness (QED) is 0.794. The van der Waals surface area contributed by atoms with Crippen molar-refractivity contribution in [1.82, 2.24) is 0 Å². The second kappa shape index (κ2) is 6.50. The van der Waals surface area contributed by atoms with Crippen LogP contribution in [0.25, 0.3) is 0 Å². The molecule has 0 radical (unpaired) electrons. The molecule has 108 valence electrons. The van der Waals surface area contributed by atoms with Gasteiger partial charge in [0, 0.05) is 0 Å². The number of benzene rings is 1. The average molecular weight is 280 g/mol. The van der Waals surface area contributed by atoms with Gasteiger partial charge in [0.25, 0.3) is 0 Å². The van der Waals surface area contributed by atoms with Crippen LogP contribution in [0.4, 0.5) is 4.39 Å². The van der Waals surface area contributed by atoms with Crippen molar-refractivity contribution in [3.8, 4) is 0 Å². The molecule has 3 unspecified atom stereocenters. The third-order valence-electron chi connectivity index (χ3n) is 3.54.